The van der Waals surface area contributed by atoms with E-state index in [0.717, 1.165) is 24.0 Å². The molecule has 2 heterocycles. The van der Waals surface area contributed by atoms with Crippen LogP contribution < -0.4 is 14.8 Å². The van der Waals surface area contributed by atoms with Crippen LogP contribution >= 0.6 is 0 Å². The van der Waals surface area contributed by atoms with Crippen molar-refractivity contribution in [3.05, 3.63) is 53.7 Å². The molecule has 1 atom stereocenters. The number of hydrogen-bond donors (Lipinski definition) is 1. The number of hydrogen-bond acceptors (Lipinski definition) is 7. The van der Waals surface area contributed by atoms with Crippen LogP contribution in [0.15, 0.2) is 41.2 Å². The van der Waals surface area contributed by atoms with Crippen LogP contribution in [0.3, 0.4) is 0 Å². The molecule has 8 nitrogen and oxygen atoms in total. The minimum atomic E-state index is -0.0544. The standard InChI is InChI=1S/C21H22N4O4/c1-27-17-11-14-3-4-16(15(14)12-18(17)28-2)23-19(26)5-6-20-24-21(25-29-20)13-7-9-22-10-8-13/h7-12,16H,3-6H2,1-2H3,(H,23,26)/t16-/m1/s1. The summed E-state index contributed by atoms with van der Waals surface area (Å²) in [5.41, 5.74) is 3.08. The third kappa shape index (κ3) is 4.06. The Morgan fingerprint density at radius 3 is 2.72 bits per heavy atom. The second-order valence-electron chi connectivity index (χ2n) is 6.81. The molecule has 150 valence electrons. The highest BCUT2D eigenvalue weighted by atomic mass is 16.5. The Bertz CT molecular complexity index is 1000. The molecular formula is C21H22N4O4. The molecule has 1 amide bonds. The van der Waals surface area contributed by atoms with Crippen molar-refractivity contribution in [3.63, 3.8) is 0 Å². The van der Waals surface area contributed by atoms with Gasteiger partial charge in [0.05, 0.1) is 20.3 Å². The number of carbonyl (C=O) groups excluding carboxylic acids is 1. The first-order chi connectivity index (χ1) is 14.2. The number of amides is 1. The van der Waals surface area contributed by atoms with Crippen molar-refractivity contribution in [2.24, 2.45) is 0 Å². The Morgan fingerprint density at radius 1 is 1.21 bits per heavy atom. The first-order valence-corrected chi connectivity index (χ1v) is 9.45. The van der Waals surface area contributed by atoms with Crippen molar-refractivity contribution in [1.82, 2.24) is 20.4 Å². The van der Waals surface area contributed by atoms with Gasteiger partial charge in [0.25, 0.3) is 0 Å². The highest BCUT2D eigenvalue weighted by Crippen LogP contribution is 2.39. The fourth-order valence-electron chi connectivity index (χ4n) is 3.54. The number of fused-ring (bicyclic) bond motifs is 1. The summed E-state index contributed by atoms with van der Waals surface area (Å²) in [5.74, 6) is 2.25. The number of ether oxygens (including phenoxy) is 2. The van der Waals surface area contributed by atoms with Crippen molar-refractivity contribution in [2.75, 3.05) is 14.2 Å². The average molecular weight is 394 g/mol. The lowest BCUT2D eigenvalue weighted by atomic mass is 10.1. The lowest BCUT2D eigenvalue weighted by Gasteiger charge is -2.16. The zero-order chi connectivity index (χ0) is 20.2. The third-order valence-electron chi connectivity index (χ3n) is 5.03. The van der Waals surface area contributed by atoms with E-state index in [4.69, 9.17) is 14.0 Å². The Balaban J connectivity index is 1.36. The maximum Gasteiger partial charge on any atom is 0.227 e. The van der Waals surface area contributed by atoms with Gasteiger partial charge in [0.1, 0.15) is 0 Å². The molecule has 0 saturated carbocycles. The maximum absolute atomic E-state index is 12.5. The van der Waals surface area contributed by atoms with Gasteiger partial charge in [-0.25, -0.2) is 0 Å². The third-order valence-corrected chi connectivity index (χ3v) is 5.03. The van der Waals surface area contributed by atoms with E-state index in [9.17, 15) is 4.79 Å². The summed E-state index contributed by atoms with van der Waals surface area (Å²) in [6.07, 6.45) is 5.74. The van der Waals surface area contributed by atoms with Gasteiger partial charge in [0.2, 0.25) is 17.6 Å². The van der Waals surface area contributed by atoms with Gasteiger partial charge in [-0.1, -0.05) is 5.16 Å². The molecule has 1 aliphatic rings. The molecule has 0 bridgehead atoms. The van der Waals surface area contributed by atoms with Gasteiger partial charge >= 0.3 is 0 Å². The van der Waals surface area contributed by atoms with E-state index in [2.05, 4.69) is 20.4 Å². The molecule has 4 rings (SSSR count). The number of nitrogens with zero attached hydrogens (tertiary/aromatic N) is 3. The van der Waals surface area contributed by atoms with Crippen LogP contribution in [0.1, 0.15) is 35.9 Å². The van der Waals surface area contributed by atoms with E-state index in [1.165, 1.54) is 5.56 Å². The number of methoxy groups -OCH3 is 2. The van der Waals surface area contributed by atoms with Crippen LogP contribution in [0, 0.1) is 0 Å². The number of pyridine rings is 1. The smallest absolute Gasteiger partial charge is 0.227 e. The average Bonchev–Trinajstić information content (AvgIpc) is 3.39. The number of benzene rings is 1. The van der Waals surface area contributed by atoms with E-state index < -0.39 is 0 Å². The quantitative estimate of drug-likeness (QED) is 0.658. The van der Waals surface area contributed by atoms with Crippen LogP contribution in [0.25, 0.3) is 11.4 Å². The summed E-state index contributed by atoms with van der Waals surface area (Å²) in [5, 5.41) is 7.06. The minimum absolute atomic E-state index is 0.0348. The second kappa shape index (κ2) is 8.30. The molecule has 8 heteroatoms. The van der Waals surface area contributed by atoms with Gasteiger partial charge in [-0.3, -0.25) is 9.78 Å². The molecule has 2 aromatic heterocycles. The zero-order valence-electron chi connectivity index (χ0n) is 16.3. The molecule has 1 aromatic carbocycles. The second-order valence-corrected chi connectivity index (χ2v) is 6.81. The van der Waals surface area contributed by atoms with Crippen molar-refractivity contribution in [1.29, 1.82) is 0 Å². The van der Waals surface area contributed by atoms with E-state index in [-0.39, 0.29) is 18.4 Å². The Labute approximate surface area is 168 Å². The van der Waals surface area contributed by atoms with Gasteiger partial charge in [-0.05, 0) is 48.2 Å². The molecule has 0 saturated heterocycles. The summed E-state index contributed by atoms with van der Waals surface area (Å²) < 4.78 is 16.0. The summed E-state index contributed by atoms with van der Waals surface area (Å²) >= 11 is 0. The Hall–Kier alpha value is -3.42. The first kappa shape index (κ1) is 18.9. The monoisotopic (exact) mass is 394 g/mol. The number of rotatable bonds is 7. The van der Waals surface area contributed by atoms with Crippen LogP contribution in [-0.4, -0.2) is 35.3 Å². The van der Waals surface area contributed by atoms with Gasteiger partial charge in [0.15, 0.2) is 11.5 Å². The van der Waals surface area contributed by atoms with E-state index in [1.807, 2.05) is 24.3 Å². The van der Waals surface area contributed by atoms with Gasteiger partial charge < -0.3 is 19.3 Å². The highest BCUT2D eigenvalue weighted by molar-refractivity contribution is 5.77. The van der Waals surface area contributed by atoms with Gasteiger partial charge in [-0.2, -0.15) is 4.98 Å². The normalized spacial score (nSPS) is 15.0. The lowest BCUT2D eigenvalue weighted by Crippen LogP contribution is -2.27. The number of aryl methyl sites for hydroxylation is 2. The SMILES string of the molecule is COc1cc2c(cc1OC)[C@H](NC(=O)CCc1nc(-c3ccncc3)no1)CC2. The van der Waals surface area contributed by atoms with Crippen LogP contribution in [0.4, 0.5) is 0 Å². The fourth-order valence-corrected chi connectivity index (χ4v) is 3.54. The summed E-state index contributed by atoms with van der Waals surface area (Å²) in [7, 11) is 3.23. The highest BCUT2D eigenvalue weighted by Gasteiger charge is 2.26. The zero-order valence-corrected chi connectivity index (χ0v) is 16.3. The predicted octanol–water partition coefficient (Wildman–Crippen LogP) is 2.89. The van der Waals surface area contributed by atoms with E-state index >= 15 is 0 Å². The van der Waals surface area contributed by atoms with Crippen LogP contribution in [0.2, 0.25) is 0 Å². The van der Waals surface area contributed by atoms with Gasteiger partial charge in [-0.15, -0.1) is 0 Å². The molecule has 0 unspecified atom stereocenters. The van der Waals surface area contributed by atoms with Crippen molar-refractivity contribution < 1.29 is 18.8 Å². The lowest BCUT2D eigenvalue weighted by molar-refractivity contribution is -0.121. The molecule has 0 spiro atoms. The molecule has 1 N–H and O–H groups in total. The van der Waals surface area contributed by atoms with Crippen molar-refractivity contribution in [3.8, 4) is 22.9 Å². The molecule has 29 heavy (non-hydrogen) atoms. The number of carbonyl (C=O) groups is 1. The Morgan fingerprint density at radius 2 is 1.97 bits per heavy atom. The summed E-state index contributed by atoms with van der Waals surface area (Å²) in [6.45, 7) is 0. The molecule has 0 aliphatic heterocycles. The minimum Gasteiger partial charge on any atom is -0.493 e. The largest absolute Gasteiger partial charge is 0.493 e. The maximum atomic E-state index is 12.5. The van der Waals surface area contributed by atoms with Crippen LogP contribution in [-0.2, 0) is 17.6 Å². The topological polar surface area (TPSA) is 99.4 Å². The number of aromatic nitrogens is 3. The molecule has 0 fully saturated rings. The molecule has 0 radical (unpaired) electrons. The van der Waals surface area contributed by atoms with E-state index in [0.29, 0.717) is 29.6 Å². The molecule has 1 aliphatic carbocycles. The first-order valence-electron chi connectivity index (χ1n) is 9.45. The fraction of sp³-hybridized carbons (Fsp3) is 0.333. The summed E-state index contributed by atoms with van der Waals surface area (Å²) in [4.78, 5) is 20.8. The summed E-state index contributed by atoms with van der Waals surface area (Å²) in [6, 6.07) is 7.52. The number of nitrogens with one attached hydrogen (secondary N) is 1. The molecular weight excluding hydrogens is 372 g/mol. The Kier molecular flexibility index (Phi) is 5.41. The predicted molar refractivity (Wildman–Crippen MR) is 105 cm³/mol. The van der Waals surface area contributed by atoms with Gasteiger partial charge in [0, 0.05) is 30.8 Å². The molecule has 3 aromatic rings. The van der Waals surface area contributed by atoms with Crippen LogP contribution in [0.5, 0.6) is 11.5 Å². The van der Waals surface area contributed by atoms with Crippen molar-refractivity contribution in [2.45, 2.75) is 31.7 Å². The van der Waals surface area contributed by atoms with E-state index in [1.54, 1.807) is 26.6 Å². The van der Waals surface area contributed by atoms with Crippen molar-refractivity contribution >= 4 is 5.91 Å².